The van der Waals surface area contributed by atoms with Gasteiger partial charge in [-0.05, 0) is 19.2 Å². The summed E-state index contributed by atoms with van der Waals surface area (Å²) in [6.07, 6.45) is -1.26. The molecule has 6 nitrogen and oxygen atoms in total. The zero-order valence-corrected chi connectivity index (χ0v) is 12.2. The van der Waals surface area contributed by atoms with Crippen molar-refractivity contribution in [2.75, 3.05) is 13.6 Å². The molecule has 0 aliphatic carbocycles. The smallest absolute Gasteiger partial charge is 0.364 e. The van der Waals surface area contributed by atoms with E-state index in [4.69, 9.17) is 5.73 Å². The molecule has 0 saturated carbocycles. The number of fused-ring (bicyclic) bond motifs is 1. The Morgan fingerprint density at radius 3 is 2.78 bits per heavy atom. The van der Waals surface area contributed by atoms with Gasteiger partial charge in [-0.3, -0.25) is 14.7 Å². The molecule has 0 bridgehead atoms. The van der Waals surface area contributed by atoms with Crippen molar-refractivity contribution in [3.05, 3.63) is 41.7 Å². The molecule has 1 amide bonds. The lowest BCUT2D eigenvalue weighted by Gasteiger charge is -2.33. The molecule has 2 aromatic heterocycles. The van der Waals surface area contributed by atoms with Gasteiger partial charge in [-0.1, -0.05) is 0 Å². The summed E-state index contributed by atoms with van der Waals surface area (Å²) < 4.78 is 41.4. The van der Waals surface area contributed by atoms with Gasteiger partial charge in [0, 0.05) is 24.9 Å². The van der Waals surface area contributed by atoms with Crippen LogP contribution in [0.3, 0.4) is 0 Å². The first-order chi connectivity index (χ1) is 10.8. The monoisotopic (exact) mass is 325 g/mol. The maximum Gasteiger partial charge on any atom is 0.409 e. The van der Waals surface area contributed by atoms with Crippen molar-refractivity contribution >= 4 is 5.91 Å². The second kappa shape index (κ2) is 5.34. The van der Waals surface area contributed by atoms with Crippen LogP contribution in [0.15, 0.2) is 24.7 Å². The molecule has 3 rings (SSSR count). The Morgan fingerprint density at radius 1 is 1.39 bits per heavy atom. The average molecular weight is 325 g/mol. The van der Waals surface area contributed by atoms with Crippen molar-refractivity contribution in [3.63, 3.8) is 0 Å². The summed E-state index contributed by atoms with van der Waals surface area (Å²) in [4.78, 5) is 20.3. The lowest BCUT2D eigenvalue weighted by molar-refractivity contribution is -0.186. The van der Waals surface area contributed by atoms with Crippen LogP contribution in [0, 0.1) is 0 Å². The Morgan fingerprint density at radius 2 is 2.13 bits per heavy atom. The average Bonchev–Trinajstić information content (AvgIpc) is 2.89. The Labute approximate surface area is 129 Å². The van der Waals surface area contributed by atoms with Crippen LogP contribution in [0.25, 0.3) is 5.69 Å². The Hall–Kier alpha value is -2.42. The van der Waals surface area contributed by atoms with Gasteiger partial charge < -0.3 is 10.3 Å². The van der Waals surface area contributed by atoms with Crippen molar-refractivity contribution in [2.24, 2.45) is 5.73 Å². The van der Waals surface area contributed by atoms with Crippen molar-refractivity contribution < 1.29 is 18.0 Å². The van der Waals surface area contributed by atoms with Crippen LogP contribution in [0.1, 0.15) is 27.9 Å². The molecule has 23 heavy (non-hydrogen) atoms. The molecule has 1 aliphatic rings. The molecule has 0 fully saturated rings. The molecule has 1 aliphatic heterocycles. The van der Waals surface area contributed by atoms with E-state index in [9.17, 15) is 18.0 Å². The van der Waals surface area contributed by atoms with E-state index >= 15 is 0 Å². The molecule has 3 heterocycles. The Bertz CT molecular complexity index is 755. The van der Waals surface area contributed by atoms with E-state index in [-0.39, 0.29) is 17.9 Å². The number of hydrogen-bond donors (Lipinski definition) is 1. The van der Waals surface area contributed by atoms with Crippen LogP contribution < -0.4 is 5.73 Å². The van der Waals surface area contributed by atoms with Crippen LogP contribution >= 0.6 is 0 Å². The van der Waals surface area contributed by atoms with Gasteiger partial charge in [-0.2, -0.15) is 13.2 Å². The number of carbonyl (C=O) groups excluding carboxylic acids is 1. The first-order valence-electron chi connectivity index (χ1n) is 6.88. The quantitative estimate of drug-likeness (QED) is 0.907. The fourth-order valence-corrected chi connectivity index (χ4v) is 2.82. The third-order valence-corrected chi connectivity index (χ3v) is 3.88. The highest BCUT2D eigenvalue weighted by Gasteiger charge is 2.48. The summed E-state index contributed by atoms with van der Waals surface area (Å²) in [7, 11) is 1.43. The largest absolute Gasteiger partial charge is 0.409 e. The number of pyridine rings is 1. The topological polar surface area (TPSA) is 77.0 Å². The van der Waals surface area contributed by atoms with E-state index in [1.807, 2.05) is 0 Å². The summed E-state index contributed by atoms with van der Waals surface area (Å²) in [6.45, 7) is 0.261. The maximum absolute atomic E-state index is 13.3. The van der Waals surface area contributed by atoms with Crippen LogP contribution in [0.2, 0.25) is 0 Å². The molecule has 1 unspecified atom stereocenters. The van der Waals surface area contributed by atoms with Gasteiger partial charge in [-0.25, -0.2) is 4.98 Å². The molecule has 2 N–H and O–H groups in total. The SMILES string of the molecule is CN1CCc2c(ncn2-c2ccnc(C(N)=O)c2)C1C(F)(F)F. The predicted octanol–water partition coefficient (Wildman–Crippen LogP) is 1.46. The minimum Gasteiger partial charge on any atom is -0.364 e. The highest BCUT2D eigenvalue weighted by Crippen LogP contribution is 2.40. The van der Waals surface area contributed by atoms with E-state index in [1.165, 1.54) is 30.5 Å². The van der Waals surface area contributed by atoms with Gasteiger partial charge in [0.25, 0.3) is 5.91 Å². The molecule has 2 aromatic rings. The molecular weight excluding hydrogens is 311 g/mol. The van der Waals surface area contributed by atoms with Gasteiger partial charge in [0.1, 0.15) is 5.69 Å². The number of rotatable bonds is 2. The summed E-state index contributed by atoms with van der Waals surface area (Å²) >= 11 is 0. The first-order valence-corrected chi connectivity index (χ1v) is 6.88. The molecule has 122 valence electrons. The number of nitrogens with two attached hydrogens (primary N) is 1. The van der Waals surface area contributed by atoms with Gasteiger partial charge >= 0.3 is 6.18 Å². The van der Waals surface area contributed by atoms with Crippen molar-refractivity contribution in [1.29, 1.82) is 0 Å². The molecule has 0 spiro atoms. The van der Waals surface area contributed by atoms with E-state index in [1.54, 1.807) is 10.6 Å². The van der Waals surface area contributed by atoms with Crippen LogP contribution in [0.5, 0.6) is 0 Å². The third kappa shape index (κ3) is 2.67. The number of aromatic nitrogens is 3. The number of amides is 1. The van der Waals surface area contributed by atoms with Crippen molar-refractivity contribution in [1.82, 2.24) is 19.4 Å². The maximum atomic E-state index is 13.3. The Balaban J connectivity index is 2.08. The molecule has 0 saturated heterocycles. The fourth-order valence-electron chi connectivity index (χ4n) is 2.82. The standard InChI is InChI=1S/C14H14F3N5O/c1-21-5-3-10-11(12(21)14(15,16)17)20-7-22(10)8-2-4-19-9(6-8)13(18)23/h2,4,6-7,12H,3,5H2,1H3,(H2,18,23). The summed E-state index contributed by atoms with van der Waals surface area (Å²) in [5.74, 6) is -0.700. The molecule has 1 atom stereocenters. The second-order valence-corrected chi connectivity index (χ2v) is 5.38. The summed E-state index contributed by atoms with van der Waals surface area (Å²) in [5, 5.41) is 0. The molecule has 0 aromatic carbocycles. The number of imidazole rings is 1. The lowest BCUT2D eigenvalue weighted by Crippen LogP contribution is -2.41. The van der Waals surface area contributed by atoms with Crippen LogP contribution in [-0.4, -0.2) is 45.1 Å². The van der Waals surface area contributed by atoms with Gasteiger partial charge in [0.15, 0.2) is 6.04 Å². The molecule has 9 heteroatoms. The molecular formula is C14H14F3N5O. The number of primary amides is 1. The number of carbonyl (C=O) groups is 1. The molecule has 0 radical (unpaired) electrons. The summed E-state index contributed by atoms with van der Waals surface area (Å²) in [6, 6.07) is 1.30. The van der Waals surface area contributed by atoms with Crippen LogP contribution in [0.4, 0.5) is 13.2 Å². The van der Waals surface area contributed by atoms with E-state index in [0.717, 1.165) is 0 Å². The summed E-state index contributed by atoms with van der Waals surface area (Å²) in [5.41, 5.74) is 6.21. The normalized spacial score (nSPS) is 18.7. The van der Waals surface area contributed by atoms with Gasteiger partial charge in [0.05, 0.1) is 17.7 Å². The third-order valence-electron chi connectivity index (χ3n) is 3.88. The van der Waals surface area contributed by atoms with E-state index in [2.05, 4.69) is 9.97 Å². The van der Waals surface area contributed by atoms with Crippen LogP contribution in [-0.2, 0) is 6.42 Å². The highest BCUT2D eigenvalue weighted by atomic mass is 19.4. The number of likely N-dealkylation sites (N-methyl/N-ethyl adjacent to an activating group) is 1. The highest BCUT2D eigenvalue weighted by molar-refractivity contribution is 5.91. The Kier molecular flexibility index (Phi) is 3.59. The van der Waals surface area contributed by atoms with Crippen molar-refractivity contribution in [2.45, 2.75) is 18.6 Å². The zero-order chi connectivity index (χ0) is 16.8. The van der Waals surface area contributed by atoms with Gasteiger partial charge in [-0.15, -0.1) is 0 Å². The minimum absolute atomic E-state index is 0.0105. The van der Waals surface area contributed by atoms with E-state index in [0.29, 0.717) is 17.8 Å². The minimum atomic E-state index is -4.40. The first kappa shape index (κ1) is 15.5. The predicted molar refractivity (Wildman–Crippen MR) is 75.0 cm³/mol. The number of hydrogen-bond acceptors (Lipinski definition) is 4. The lowest BCUT2D eigenvalue weighted by atomic mass is 10.0. The van der Waals surface area contributed by atoms with E-state index < -0.39 is 18.1 Å². The fraction of sp³-hybridized carbons (Fsp3) is 0.357. The van der Waals surface area contributed by atoms with Crippen molar-refractivity contribution in [3.8, 4) is 5.69 Å². The zero-order valence-electron chi connectivity index (χ0n) is 12.2. The number of alkyl halides is 3. The second-order valence-electron chi connectivity index (χ2n) is 5.38. The van der Waals surface area contributed by atoms with Gasteiger partial charge in [0.2, 0.25) is 0 Å². The number of halogens is 3. The number of nitrogens with zero attached hydrogens (tertiary/aromatic N) is 4.